The molecule has 0 bridgehead atoms. The summed E-state index contributed by atoms with van der Waals surface area (Å²) >= 11 is 0.821. The number of aromatic nitrogens is 1. The zero-order valence-electron chi connectivity index (χ0n) is 73.6. The molecule has 0 unspecified atom stereocenters. The van der Waals surface area contributed by atoms with E-state index in [1.54, 1.807) is 105 Å². The van der Waals surface area contributed by atoms with Crippen LogP contribution in [0.25, 0.3) is 10.9 Å². The number of thioether (sulfide) groups is 1. The van der Waals surface area contributed by atoms with Crippen LogP contribution in [0, 0.1) is 23.6 Å². The van der Waals surface area contributed by atoms with Crippen molar-refractivity contribution < 1.29 is 96.4 Å². The molecular weight excluding hydrogens is 1680 g/mol. The van der Waals surface area contributed by atoms with Crippen molar-refractivity contribution in [2.24, 2.45) is 23.5 Å². The molecule has 1 saturated heterocycles. The molecule has 690 valence electrons. The van der Waals surface area contributed by atoms with E-state index in [-0.39, 0.29) is 67.9 Å². The van der Waals surface area contributed by atoms with Crippen molar-refractivity contribution in [3.63, 3.8) is 0 Å². The number of carbonyl (C=O) groups is 16. The number of likely N-dealkylation sites (N-methyl/N-ethyl adjacent to an activating group) is 4. The molecule has 0 spiro atoms. The van der Waals surface area contributed by atoms with Crippen LogP contribution >= 0.6 is 11.8 Å². The zero-order chi connectivity index (χ0) is 94.3. The standard InChI is InChI=1S/C93H116FN15O19S/c1-10-11-30-75-92(127)107(7)51-80(115)99-71(47-82(117)118)89(124)105-83(55(4)5)77(112)46-61(44-60-26-18-20-28-66(60)94)84(119)103-72(42-59-33-37-64(111)38-34-59)90(125)106(6)50-79(114)98-70(45-62-48-96-67-29-21-19-27-65(62)67)88(123)102-69(40-58-31-35-63(110)36-32-58)87(122)101-68(39-54(2)3)86(121)104-74(85(120)97-49-78(95)113)52-129-53-81(116)100-73(41-56-22-14-12-15-23-56)91(126)109(9)76(93(128)108(75)8)43-57-24-16-13-17-25-57/h12-29,31-38,48,54-55,61,68-76,83,96,110-111H,10-11,30,39-47,49-53H2,1-9H3,(H2,95,113)(H,97,120)(H,98,114)(H,99,115)(H,100,116)(H,101,122)(H,102,123)(H,103,119)(H,104,121)(H,105,124)(H,117,118)/t61-,68+,69+,70+,71+,72+,73+,74+,75+,76+,83+/m1/s1. The molecule has 7 aromatic rings. The number of phenolic OH excluding ortho intramolecular Hbond substituents is 2. The van der Waals surface area contributed by atoms with Gasteiger partial charge in [-0.15, -0.1) is 11.8 Å². The molecule has 15 N–H and O–H groups in total. The van der Waals surface area contributed by atoms with Gasteiger partial charge in [-0.05, 0) is 101 Å². The van der Waals surface area contributed by atoms with E-state index in [1.807, 2.05) is 6.92 Å². The third-order valence-electron chi connectivity index (χ3n) is 22.0. The number of primary amides is 1. The Labute approximate surface area is 751 Å². The number of aromatic amines is 1. The third-order valence-corrected chi connectivity index (χ3v) is 23.0. The van der Waals surface area contributed by atoms with Crippen molar-refractivity contribution in [3.8, 4) is 11.5 Å². The number of carbonyl (C=O) groups excluding carboxylic acids is 15. The van der Waals surface area contributed by atoms with Gasteiger partial charge in [0.25, 0.3) is 0 Å². The number of fused-ring (bicyclic) bond motifs is 1. The topological polar surface area (TPSA) is 497 Å². The maximum Gasteiger partial charge on any atom is 0.305 e. The summed E-state index contributed by atoms with van der Waals surface area (Å²) in [6.45, 7) is 6.01. The van der Waals surface area contributed by atoms with Gasteiger partial charge in [-0.2, -0.15) is 0 Å². The molecule has 129 heavy (non-hydrogen) atoms. The number of benzene rings is 6. The zero-order valence-corrected chi connectivity index (χ0v) is 74.5. The second-order valence-corrected chi connectivity index (χ2v) is 34.1. The first kappa shape index (κ1) is 101. The van der Waals surface area contributed by atoms with Crippen LogP contribution in [0.4, 0.5) is 4.39 Å². The van der Waals surface area contributed by atoms with E-state index < -0.39 is 223 Å². The van der Waals surface area contributed by atoms with Gasteiger partial charge >= 0.3 is 5.97 Å². The number of nitrogens with two attached hydrogens (primary N) is 1. The highest BCUT2D eigenvalue weighted by molar-refractivity contribution is 8.00. The van der Waals surface area contributed by atoms with Crippen molar-refractivity contribution in [3.05, 3.63) is 203 Å². The number of rotatable bonds is 23. The molecule has 1 aliphatic rings. The van der Waals surface area contributed by atoms with E-state index in [2.05, 4.69) is 52.8 Å². The number of phenols is 2. The van der Waals surface area contributed by atoms with Crippen LogP contribution in [0.3, 0.4) is 0 Å². The number of carboxylic acid groups (broad SMARTS) is 1. The minimum absolute atomic E-state index is 0.0165. The maximum atomic E-state index is 15.9. The summed E-state index contributed by atoms with van der Waals surface area (Å²) in [4.78, 5) is 241. The number of carboxylic acids is 1. The Hall–Kier alpha value is -13.5. The number of aliphatic carboxylic acids is 1. The lowest BCUT2D eigenvalue weighted by atomic mass is 9.87. The number of nitrogens with one attached hydrogen (secondary N) is 10. The van der Waals surface area contributed by atoms with E-state index in [9.17, 15) is 63.3 Å². The van der Waals surface area contributed by atoms with Crippen LogP contribution in [-0.4, -0.2) is 254 Å². The molecule has 34 nitrogen and oxygen atoms in total. The van der Waals surface area contributed by atoms with E-state index in [0.29, 0.717) is 51.6 Å². The minimum Gasteiger partial charge on any atom is -0.508 e. The Balaban J connectivity index is 1.21. The van der Waals surface area contributed by atoms with Crippen molar-refractivity contribution >= 4 is 117 Å². The summed E-state index contributed by atoms with van der Waals surface area (Å²) in [6, 6.07) is 25.2. The average molecular weight is 1800 g/mol. The Morgan fingerprint density at radius 2 is 0.992 bits per heavy atom. The van der Waals surface area contributed by atoms with Crippen LogP contribution in [-0.2, 0) is 115 Å². The summed E-state index contributed by atoms with van der Waals surface area (Å²) < 4.78 is 15.9. The molecule has 11 atom stereocenters. The predicted octanol–water partition coefficient (Wildman–Crippen LogP) is 3.21. The molecule has 1 aliphatic heterocycles. The Kier molecular flexibility index (Phi) is 38.3. The van der Waals surface area contributed by atoms with Gasteiger partial charge in [-0.25, -0.2) is 4.39 Å². The first-order chi connectivity index (χ1) is 61.4. The number of H-pyrrole nitrogens is 1. The van der Waals surface area contributed by atoms with Crippen molar-refractivity contribution in [1.29, 1.82) is 0 Å². The Bertz CT molecular complexity index is 5100. The number of hydrogen-bond acceptors (Lipinski definition) is 19. The Morgan fingerprint density at radius 3 is 1.57 bits per heavy atom. The van der Waals surface area contributed by atoms with Crippen LogP contribution < -0.4 is 53.6 Å². The van der Waals surface area contributed by atoms with Crippen molar-refractivity contribution in [2.45, 2.75) is 172 Å². The van der Waals surface area contributed by atoms with Gasteiger partial charge in [0.2, 0.25) is 82.7 Å². The highest BCUT2D eigenvalue weighted by Crippen LogP contribution is 2.26. The predicted molar refractivity (Wildman–Crippen MR) is 479 cm³/mol. The van der Waals surface area contributed by atoms with Crippen molar-refractivity contribution in [2.75, 3.05) is 59.3 Å². The minimum atomic E-state index is -1.93. The largest absolute Gasteiger partial charge is 0.508 e. The second kappa shape index (κ2) is 49.0. The SMILES string of the molecule is CCCC[C@H]1C(=O)N(C)CC(=O)N[C@@H](CC(=O)O)C(=O)N[C@@H](C(C)C)C(=O)C[C@@H](Cc2ccccc2F)C(=O)N[C@@H](Cc2ccc(O)cc2)C(=O)N(C)CC(=O)N[C@@H](Cc2c[nH]c3ccccc23)C(=O)N[C@@H](Cc2ccc(O)cc2)C(=O)N[C@@H](CC(C)C)C(=O)N[C@H](C(=O)NCC(N)=O)CSCC(=O)N[C@@H](Cc2ccccc2)C(=O)N(C)[C@@H](Cc2ccccc2)C(=O)N1C. The van der Waals surface area contributed by atoms with Gasteiger partial charge in [0.1, 0.15) is 71.7 Å². The normalized spacial score (nSPS) is 21.9. The smallest absolute Gasteiger partial charge is 0.305 e. The summed E-state index contributed by atoms with van der Waals surface area (Å²) in [7, 11) is 5.18. The van der Waals surface area contributed by atoms with Gasteiger partial charge < -0.3 is 93.5 Å². The molecule has 8 rings (SSSR count). The summed E-state index contributed by atoms with van der Waals surface area (Å²) in [5.41, 5.74) is 8.42. The fourth-order valence-corrected chi connectivity index (χ4v) is 15.9. The maximum absolute atomic E-state index is 15.9. The molecular formula is C93H116FN15O19S. The molecule has 0 aliphatic carbocycles. The number of amides is 14. The third kappa shape index (κ3) is 30.9. The van der Waals surface area contributed by atoms with E-state index >= 15 is 33.2 Å². The number of ketones is 1. The number of unbranched alkanes of at least 4 members (excludes halogenated alkanes) is 1. The number of nitrogens with zero attached hydrogens (tertiary/aromatic N) is 4. The monoisotopic (exact) mass is 1800 g/mol. The number of halogens is 1. The van der Waals surface area contributed by atoms with Crippen LogP contribution in [0.1, 0.15) is 107 Å². The van der Waals surface area contributed by atoms with Crippen LogP contribution in [0.15, 0.2) is 164 Å². The van der Waals surface area contributed by atoms with E-state index in [1.165, 1.54) is 109 Å². The van der Waals surface area contributed by atoms with Gasteiger partial charge in [-0.1, -0.05) is 169 Å². The molecule has 2 heterocycles. The lowest BCUT2D eigenvalue weighted by Gasteiger charge is -2.37. The number of Topliss-reactive ketones (excluding diaryl/α,β-unsaturated/α-hetero) is 1. The molecule has 1 aromatic heterocycles. The van der Waals surface area contributed by atoms with E-state index in [4.69, 9.17) is 5.73 Å². The summed E-state index contributed by atoms with van der Waals surface area (Å²) in [5, 5.41) is 55.2. The number of hydrogen-bond donors (Lipinski definition) is 14. The Morgan fingerprint density at radius 1 is 0.504 bits per heavy atom. The highest BCUT2D eigenvalue weighted by Gasteiger charge is 2.42. The van der Waals surface area contributed by atoms with Gasteiger partial charge in [0.15, 0.2) is 5.78 Å². The quantitative estimate of drug-likeness (QED) is 0.0437. The molecule has 36 heteroatoms. The highest BCUT2D eigenvalue weighted by atomic mass is 32.2. The number of aromatic hydroxyl groups is 2. The summed E-state index contributed by atoms with van der Waals surface area (Å²) in [5.74, 6) is -20.2. The van der Waals surface area contributed by atoms with Gasteiger partial charge in [0, 0.05) is 95.5 Å². The molecule has 14 amide bonds. The fraction of sp³-hybridized carbons (Fsp3) is 0.419. The second-order valence-electron chi connectivity index (χ2n) is 33.1. The molecule has 0 radical (unpaired) electrons. The van der Waals surface area contributed by atoms with Crippen LogP contribution in [0.5, 0.6) is 11.5 Å². The van der Waals surface area contributed by atoms with Crippen molar-refractivity contribution in [1.82, 2.24) is 72.4 Å². The fourth-order valence-electron chi connectivity index (χ4n) is 15.0. The van der Waals surface area contributed by atoms with Crippen LogP contribution in [0.2, 0.25) is 0 Å². The summed E-state index contributed by atoms with van der Waals surface area (Å²) in [6.07, 6.45) is -1.16. The molecule has 1 fully saturated rings. The first-order valence-electron chi connectivity index (χ1n) is 42.6. The first-order valence-corrected chi connectivity index (χ1v) is 43.8. The van der Waals surface area contributed by atoms with Gasteiger partial charge in [-0.3, -0.25) is 76.7 Å². The van der Waals surface area contributed by atoms with Gasteiger partial charge in [0.05, 0.1) is 37.8 Å². The van der Waals surface area contributed by atoms with E-state index in [0.717, 1.165) is 37.4 Å². The molecule has 0 saturated carbocycles. The molecule has 6 aromatic carbocycles. The average Bonchev–Trinajstić information content (AvgIpc) is 1.71. The lowest BCUT2D eigenvalue weighted by Crippen LogP contribution is -2.60. The number of para-hydroxylation sites is 1. The lowest BCUT2D eigenvalue weighted by molar-refractivity contribution is -0.151.